The molecule has 0 atom stereocenters. The number of ether oxygens (including phenoxy) is 1. The summed E-state index contributed by atoms with van der Waals surface area (Å²) in [4.78, 5) is 32.9. The van der Waals surface area contributed by atoms with Gasteiger partial charge in [-0.05, 0) is 18.2 Å². The topological polar surface area (TPSA) is 105 Å². The van der Waals surface area contributed by atoms with E-state index in [1.807, 2.05) is 0 Å². The average Bonchev–Trinajstić information content (AvgIpc) is 2.36. The predicted octanol–water partition coefficient (Wildman–Crippen LogP) is 0.821. The van der Waals surface area contributed by atoms with Crippen molar-refractivity contribution in [3.8, 4) is 5.75 Å². The molecule has 100 valence electrons. The Morgan fingerprint density at radius 1 is 1.37 bits per heavy atom. The van der Waals surface area contributed by atoms with Crippen LogP contribution in [0, 0.1) is 0 Å². The summed E-state index contributed by atoms with van der Waals surface area (Å²) in [5.74, 6) is -1.16. The van der Waals surface area contributed by atoms with Crippen molar-refractivity contribution in [2.75, 3.05) is 17.2 Å². The van der Waals surface area contributed by atoms with Gasteiger partial charge in [-0.1, -0.05) is 0 Å². The van der Waals surface area contributed by atoms with Gasteiger partial charge in [0.1, 0.15) is 5.75 Å². The molecule has 7 heteroatoms. The molecular formula is C12H12N2O5. The van der Waals surface area contributed by atoms with Gasteiger partial charge in [0, 0.05) is 12.1 Å². The van der Waals surface area contributed by atoms with Crippen molar-refractivity contribution < 1.29 is 24.2 Å². The third-order valence-corrected chi connectivity index (χ3v) is 2.46. The molecule has 0 aromatic heterocycles. The smallest absolute Gasteiger partial charge is 0.303 e. The van der Waals surface area contributed by atoms with Crippen LogP contribution >= 0.6 is 0 Å². The molecule has 0 spiro atoms. The average molecular weight is 264 g/mol. The van der Waals surface area contributed by atoms with E-state index in [0.717, 1.165) is 0 Å². The first-order chi connectivity index (χ1) is 9.04. The fraction of sp³-hybridized carbons (Fsp3) is 0.250. The second kappa shape index (κ2) is 5.38. The Balaban J connectivity index is 2.01. The number of rotatable bonds is 4. The van der Waals surface area contributed by atoms with Gasteiger partial charge in [0.2, 0.25) is 5.91 Å². The van der Waals surface area contributed by atoms with Crippen molar-refractivity contribution in [2.24, 2.45) is 0 Å². The molecule has 2 amide bonds. The number of carbonyl (C=O) groups excluding carboxylic acids is 2. The van der Waals surface area contributed by atoms with Crippen LogP contribution in [0.4, 0.5) is 11.4 Å². The molecule has 1 heterocycles. The molecule has 1 aliphatic rings. The Morgan fingerprint density at radius 3 is 2.89 bits per heavy atom. The summed E-state index contributed by atoms with van der Waals surface area (Å²) in [6.45, 7) is -0.0304. The Hall–Kier alpha value is -2.57. The third-order valence-electron chi connectivity index (χ3n) is 2.46. The van der Waals surface area contributed by atoms with Crippen LogP contribution in [0.3, 0.4) is 0 Å². The van der Waals surface area contributed by atoms with Crippen LogP contribution in [0.25, 0.3) is 0 Å². The van der Waals surface area contributed by atoms with Crippen LogP contribution in [0.5, 0.6) is 5.75 Å². The number of anilines is 2. The maximum Gasteiger partial charge on any atom is 0.303 e. The van der Waals surface area contributed by atoms with E-state index >= 15 is 0 Å². The number of carboxylic acid groups (broad SMARTS) is 1. The summed E-state index contributed by atoms with van der Waals surface area (Å²) in [6.07, 6.45) is -0.327. The molecule has 3 N–H and O–H groups in total. The fourth-order valence-electron chi connectivity index (χ4n) is 1.60. The number of aliphatic carboxylic acids is 1. The van der Waals surface area contributed by atoms with Gasteiger partial charge in [-0.15, -0.1) is 0 Å². The maximum atomic E-state index is 11.5. The molecule has 1 aromatic rings. The molecule has 0 saturated carbocycles. The lowest BCUT2D eigenvalue weighted by Gasteiger charge is -2.18. The van der Waals surface area contributed by atoms with E-state index in [1.165, 1.54) is 0 Å². The Labute approximate surface area is 108 Å². The molecule has 0 aliphatic carbocycles. The van der Waals surface area contributed by atoms with E-state index in [1.54, 1.807) is 18.2 Å². The number of fused-ring (bicyclic) bond motifs is 1. The minimum Gasteiger partial charge on any atom is -0.482 e. The fourth-order valence-corrected chi connectivity index (χ4v) is 1.60. The van der Waals surface area contributed by atoms with Crippen LogP contribution in [-0.4, -0.2) is 29.5 Å². The lowest BCUT2D eigenvalue weighted by Crippen LogP contribution is -2.25. The van der Waals surface area contributed by atoms with Crippen molar-refractivity contribution in [3.05, 3.63) is 18.2 Å². The van der Waals surface area contributed by atoms with Gasteiger partial charge in [-0.3, -0.25) is 14.4 Å². The Morgan fingerprint density at radius 2 is 2.16 bits per heavy atom. The second-order valence-corrected chi connectivity index (χ2v) is 3.99. The van der Waals surface area contributed by atoms with Gasteiger partial charge in [0.25, 0.3) is 5.91 Å². The first-order valence-corrected chi connectivity index (χ1v) is 5.63. The van der Waals surface area contributed by atoms with Crippen LogP contribution < -0.4 is 15.4 Å². The molecule has 0 unspecified atom stereocenters. The first kappa shape index (κ1) is 12.9. The number of benzene rings is 1. The van der Waals surface area contributed by atoms with Crippen molar-refractivity contribution in [1.82, 2.24) is 0 Å². The molecule has 0 saturated heterocycles. The summed E-state index contributed by atoms with van der Waals surface area (Å²) >= 11 is 0. The minimum atomic E-state index is -1.03. The molecule has 7 nitrogen and oxygen atoms in total. The largest absolute Gasteiger partial charge is 0.482 e. The number of amides is 2. The van der Waals surface area contributed by atoms with Gasteiger partial charge >= 0.3 is 5.97 Å². The number of carbonyl (C=O) groups is 3. The standard InChI is InChI=1S/C12H12N2O5/c15-10(3-4-12(17)18)13-7-1-2-9-8(5-7)14-11(16)6-19-9/h1-2,5H,3-4,6H2,(H,13,15)(H,14,16)(H,17,18). The maximum absolute atomic E-state index is 11.5. The highest BCUT2D eigenvalue weighted by Gasteiger charge is 2.16. The van der Waals surface area contributed by atoms with Gasteiger partial charge in [-0.2, -0.15) is 0 Å². The van der Waals surface area contributed by atoms with E-state index in [4.69, 9.17) is 9.84 Å². The second-order valence-electron chi connectivity index (χ2n) is 3.99. The van der Waals surface area contributed by atoms with E-state index in [-0.39, 0.29) is 25.4 Å². The van der Waals surface area contributed by atoms with E-state index in [2.05, 4.69) is 10.6 Å². The van der Waals surface area contributed by atoms with Crippen molar-refractivity contribution in [2.45, 2.75) is 12.8 Å². The summed E-state index contributed by atoms with van der Waals surface area (Å²) < 4.78 is 5.17. The summed E-state index contributed by atoms with van der Waals surface area (Å²) in [5.41, 5.74) is 0.951. The van der Waals surface area contributed by atoms with E-state index in [9.17, 15) is 14.4 Å². The highest BCUT2D eigenvalue weighted by Crippen LogP contribution is 2.30. The number of carboxylic acids is 1. The Bertz CT molecular complexity index is 541. The summed E-state index contributed by atoms with van der Waals surface area (Å²) in [7, 11) is 0. The minimum absolute atomic E-state index is 0.0304. The SMILES string of the molecule is O=C(O)CCC(=O)Nc1ccc2c(c1)NC(=O)CO2. The first-order valence-electron chi connectivity index (χ1n) is 5.63. The molecule has 2 rings (SSSR count). The van der Waals surface area contributed by atoms with Gasteiger partial charge < -0.3 is 20.5 Å². The third kappa shape index (κ3) is 3.44. The zero-order valence-corrected chi connectivity index (χ0v) is 9.93. The molecule has 0 fully saturated rings. The molecule has 1 aromatic carbocycles. The normalized spacial score (nSPS) is 12.9. The van der Waals surface area contributed by atoms with Crippen molar-refractivity contribution >= 4 is 29.2 Å². The zero-order chi connectivity index (χ0) is 13.8. The Kier molecular flexibility index (Phi) is 3.65. The summed E-state index contributed by atoms with van der Waals surface area (Å²) in [6, 6.07) is 4.81. The van der Waals surface area contributed by atoms with Crippen LogP contribution in [0.2, 0.25) is 0 Å². The van der Waals surface area contributed by atoms with Crippen molar-refractivity contribution in [3.63, 3.8) is 0 Å². The number of hydrogen-bond donors (Lipinski definition) is 3. The molecule has 1 aliphatic heterocycles. The van der Waals surface area contributed by atoms with E-state index in [0.29, 0.717) is 17.1 Å². The predicted molar refractivity (Wildman–Crippen MR) is 66.1 cm³/mol. The molecule has 0 radical (unpaired) electrons. The summed E-state index contributed by atoms with van der Waals surface area (Å²) in [5, 5.41) is 13.6. The van der Waals surface area contributed by atoms with E-state index < -0.39 is 11.9 Å². The molecule has 19 heavy (non-hydrogen) atoms. The van der Waals surface area contributed by atoms with Crippen LogP contribution in [0.15, 0.2) is 18.2 Å². The monoisotopic (exact) mass is 264 g/mol. The van der Waals surface area contributed by atoms with Crippen molar-refractivity contribution in [1.29, 1.82) is 0 Å². The zero-order valence-electron chi connectivity index (χ0n) is 9.93. The quantitative estimate of drug-likeness (QED) is 0.746. The molecular weight excluding hydrogens is 252 g/mol. The van der Waals surface area contributed by atoms with Gasteiger partial charge in [0.05, 0.1) is 12.1 Å². The lowest BCUT2D eigenvalue weighted by atomic mass is 10.2. The highest BCUT2D eigenvalue weighted by atomic mass is 16.5. The van der Waals surface area contributed by atoms with Gasteiger partial charge in [0.15, 0.2) is 6.61 Å². The van der Waals surface area contributed by atoms with Crippen LogP contribution in [-0.2, 0) is 14.4 Å². The van der Waals surface area contributed by atoms with Gasteiger partial charge in [-0.25, -0.2) is 0 Å². The highest BCUT2D eigenvalue weighted by molar-refractivity contribution is 5.97. The van der Waals surface area contributed by atoms with Crippen LogP contribution in [0.1, 0.15) is 12.8 Å². The number of hydrogen-bond acceptors (Lipinski definition) is 4. The number of nitrogens with one attached hydrogen (secondary N) is 2. The molecule has 0 bridgehead atoms. The lowest BCUT2D eigenvalue weighted by molar-refractivity contribution is -0.138.